The van der Waals surface area contributed by atoms with Gasteiger partial charge in [-0.1, -0.05) is 48.0 Å². The van der Waals surface area contributed by atoms with Crippen molar-refractivity contribution in [2.75, 3.05) is 0 Å². The Morgan fingerprint density at radius 1 is 1.04 bits per heavy atom. The summed E-state index contributed by atoms with van der Waals surface area (Å²) in [5.41, 5.74) is 2.61. The van der Waals surface area contributed by atoms with Gasteiger partial charge in [-0.2, -0.15) is 17.9 Å². The summed E-state index contributed by atoms with van der Waals surface area (Å²) >= 11 is 0. The summed E-state index contributed by atoms with van der Waals surface area (Å²) in [6.07, 6.45) is 2.02. The maximum absolute atomic E-state index is 13.2. The van der Waals surface area contributed by atoms with Gasteiger partial charge in [0.25, 0.3) is 10.0 Å². The first-order valence-electron chi connectivity index (χ1n) is 8.33. The lowest BCUT2D eigenvalue weighted by Crippen LogP contribution is -2.27. The van der Waals surface area contributed by atoms with E-state index < -0.39 is 16.1 Å². The molecule has 132 valence electrons. The van der Waals surface area contributed by atoms with Gasteiger partial charge in [-0.05, 0) is 36.8 Å². The summed E-state index contributed by atoms with van der Waals surface area (Å²) < 4.78 is 33.1. The highest BCUT2D eigenvalue weighted by Crippen LogP contribution is 2.37. The molecule has 0 aliphatic carbocycles. The summed E-state index contributed by atoms with van der Waals surface area (Å²) in [5, 5.41) is 4.43. The number of hydrazone groups is 1. The lowest BCUT2D eigenvalue weighted by Gasteiger charge is -2.23. The molecule has 1 aliphatic heterocycles. The van der Waals surface area contributed by atoms with Crippen LogP contribution in [0.5, 0.6) is 0 Å². The zero-order valence-corrected chi connectivity index (χ0v) is 15.1. The second kappa shape index (κ2) is 6.46. The van der Waals surface area contributed by atoms with Crippen LogP contribution in [0, 0.1) is 6.92 Å². The maximum atomic E-state index is 13.2. The molecular weight excluding hydrogens is 348 g/mol. The fraction of sp³-hybridized carbons (Fsp3) is 0.150. The van der Waals surface area contributed by atoms with Crippen LogP contribution < -0.4 is 0 Å². The standard InChI is InChI=1S/C20H18N2O3S/c1-15-7-5-8-16(13-15)19-14-18(20-11-6-12-25-20)21-22(19)26(23,24)17-9-3-2-4-10-17/h2-13,19H,14H2,1H3. The number of benzene rings is 2. The first kappa shape index (κ1) is 16.6. The molecule has 0 radical (unpaired) electrons. The van der Waals surface area contributed by atoms with Crippen molar-refractivity contribution in [3.63, 3.8) is 0 Å². The Balaban J connectivity index is 1.81. The van der Waals surface area contributed by atoms with Crippen LogP contribution in [0.1, 0.15) is 29.3 Å². The van der Waals surface area contributed by atoms with Crippen molar-refractivity contribution in [3.8, 4) is 0 Å². The van der Waals surface area contributed by atoms with Crippen LogP contribution in [0.15, 0.2) is 87.4 Å². The third kappa shape index (κ3) is 2.93. The predicted octanol–water partition coefficient (Wildman–Crippen LogP) is 4.13. The molecule has 1 aromatic heterocycles. The van der Waals surface area contributed by atoms with Crippen molar-refractivity contribution in [1.29, 1.82) is 0 Å². The van der Waals surface area contributed by atoms with E-state index >= 15 is 0 Å². The van der Waals surface area contributed by atoms with Crippen molar-refractivity contribution in [2.24, 2.45) is 5.10 Å². The first-order valence-corrected chi connectivity index (χ1v) is 9.77. The Labute approximate surface area is 152 Å². The van der Waals surface area contributed by atoms with Gasteiger partial charge in [-0.3, -0.25) is 0 Å². The van der Waals surface area contributed by atoms with Crippen molar-refractivity contribution >= 4 is 15.7 Å². The number of aryl methyl sites for hydroxylation is 1. The van der Waals surface area contributed by atoms with Gasteiger partial charge in [-0.15, -0.1) is 0 Å². The summed E-state index contributed by atoms with van der Waals surface area (Å²) in [5.74, 6) is 0.591. The molecule has 6 heteroatoms. The SMILES string of the molecule is Cc1cccc(C2CC(c3ccco3)=NN2S(=O)(=O)c2ccccc2)c1. The Morgan fingerprint density at radius 2 is 1.85 bits per heavy atom. The van der Waals surface area contributed by atoms with E-state index in [1.807, 2.05) is 31.2 Å². The van der Waals surface area contributed by atoms with Gasteiger partial charge in [0.05, 0.1) is 17.2 Å². The third-order valence-corrected chi connectivity index (χ3v) is 6.09. The quantitative estimate of drug-likeness (QED) is 0.697. The molecular formula is C20H18N2O3S. The topological polar surface area (TPSA) is 62.9 Å². The maximum Gasteiger partial charge on any atom is 0.279 e. The predicted molar refractivity (Wildman–Crippen MR) is 99.2 cm³/mol. The van der Waals surface area contributed by atoms with E-state index in [1.54, 1.807) is 48.7 Å². The number of hydrogen-bond donors (Lipinski definition) is 0. The van der Waals surface area contributed by atoms with Gasteiger partial charge in [0, 0.05) is 6.42 Å². The van der Waals surface area contributed by atoms with Gasteiger partial charge in [-0.25, -0.2) is 0 Å². The molecule has 3 aromatic rings. The molecule has 1 atom stereocenters. The highest BCUT2D eigenvalue weighted by Gasteiger charge is 2.38. The van der Waals surface area contributed by atoms with Crippen LogP contribution >= 0.6 is 0 Å². The Kier molecular flexibility index (Phi) is 4.12. The van der Waals surface area contributed by atoms with Gasteiger partial charge in [0.15, 0.2) is 0 Å². The molecule has 0 spiro atoms. The highest BCUT2D eigenvalue weighted by molar-refractivity contribution is 7.89. The minimum Gasteiger partial charge on any atom is -0.463 e. The zero-order chi connectivity index (χ0) is 18.1. The summed E-state index contributed by atoms with van der Waals surface area (Å²) in [6.45, 7) is 1.99. The molecule has 0 saturated carbocycles. The molecule has 2 aromatic carbocycles. The molecule has 0 amide bonds. The molecule has 1 aliphatic rings. The second-order valence-electron chi connectivity index (χ2n) is 6.25. The number of nitrogens with zero attached hydrogens (tertiary/aromatic N) is 2. The van der Waals surface area contributed by atoms with Crippen LogP contribution in [0.4, 0.5) is 0 Å². The highest BCUT2D eigenvalue weighted by atomic mass is 32.2. The summed E-state index contributed by atoms with van der Waals surface area (Å²) in [6, 6.07) is 19.4. The lowest BCUT2D eigenvalue weighted by molar-refractivity contribution is 0.371. The molecule has 26 heavy (non-hydrogen) atoms. The Morgan fingerprint density at radius 3 is 2.54 bits per heavy atom. The molecule has 0 saturated heterocycles. The number of rotatable bonds is 4. The van der Waals surface area contributed by atoms with Crippen LogP contribution in [-0.4, -0.2) is 18.5 Å². The second-order valence-corrected chi connectivity index (χ2v) is 8.04. The minimum atomic E-state index is -3.77. The fourth-order valence-electron chi connectivity index (χ4n) is 3.13. The van der Waals surface area contributed by atoms with E-state index in [4.69, 9.17) is 4.42 Å². The molecule has 0 fully saturated rings. The largest absolute Gasteiger partial charge is 0.463 e. The van der Waals surface area contributed by atoms with Gasteiger partial charge in [0.2, 0.25) is 0 Å². The monoisotopic (exact) mass is 366 g/mol. The van der Waals surface area contributed by atoms with Crippen LogP contribution in [0.3, 0.4) is 0 Å². The van der Waals surface area contributed by atoms with Crippen molar-refractivity contribution in [1.82, 2.24) is 4.41 Å². The molecule has 4 rings (SSSR count). The van der Waals surface area contributed by atoms with E-state index in [0.29, 0.717) is 17.9 Å². The average molecular weight is 366 g/mol. The van der Waals surface area contributed by atoms with Crippen LogP contribution in [0.25, 0.3) is 0 Å². The van der Waals surface area contributed by atoms with E-state index in [2.05, 4.69) is 5.10 Å². The van der Waals surface area contributed by atoms with Crippen LogP contribution in [0.2, 0.25) is 0 Å². The minimum absolute atomic E-state index is 0.224. The summed E-state index contributed by atoms with van der Waals surface area (Å²) in [4.78, 5) is 0.224. The first-order chi connectivity index (χ1) is 12.6. The molecule has 0 N–H and O–H groups in total. The number of furan rings is 1. The Bertz CT molecular complexity index is 1040. The Hall–Kier alpha value is -2.86. The smallest absolute Gasteiger partial charge is 0.279 e. The fourth-order valence-corrected chi connectivity index (χ4v) is 4.58. The number of sulfonamides is 1. The van der Waals surface area contributed by atoms with Gasteiger partial charge < -0.3 is 4.42 Å². The lowest BCUT2D eigenvalue weighted by atomic mass is 10.0. The molecule has 2 heterocycles. The molecule has 1 unspecified atom stereocenters. The van der Waals surface area contributed by atoms with Crippen molar-refractivity contribution in [2.45, 2.75) is 24.3 Å². The zero-order valence-electron chi connectivity index (χ0n) is 14.2. The van der Waals surface area contributed by atoms with Crippen molar-refractivity contribution in [3.05, 3.63) is 89.9 Å². The number of hydrogen-bond acceptors (Lipinski definition) is 4. The van der Waals surface area contributed by atoms with Gasteiger partial charge >= 0.3 is 0 Å². The summed E-state index contributed by atoms with van der Waals surface area (Å²) in [7, 11) is -3.77. The van der Waals surface area contributed by atoms with E-state index in [1.165, 1.54) is 4.41 Å². The van der Waals surface area contributed by atoms with E-state index in [-0.39, 0.29) is 4.90 Å². The average Bonchev–Trinajstić information content (AvgIpc) is 3.32. The van der Waals surface area contributed by atoms with E-state index in [0.717, 1.165) is 11.1 Å². The van der Waals surface area contributed by atoms with Crippen LogP contribution in [-0.2, 0) is 10.0 Å². The van der Waals surface area contributed by atoms with Crippen molar-refractivity contribution < 1.29 is 12.8 Å². The normalized spacial score (nSPS) is 17.3. The molecule has 0 bridgehead atoms. The van der Waals surface area contributed by atoms with E-state index in [9.17, 15) is 8.42 Å². The molecule has 5 nitrogen and oxygen atoms in total. The third-order valence-electron chi connectivity index (χ3n) is 4.39. The van der Waals surface area contributed by atoms with Gasteiger partial charge in [0.1, 0.15) is 11.5 Å².